The highest BCUT2D eigenvalue weighted by Gasteiger charge is 2.16. The molecule has 0 saturated carbocycles. The summed E-state index contributed by atoms with van der Waals surface area (Å²) in [6.07, 6.45) is 0. The first-order valence-electron chi connectivity index (χ1n) is 4.11. The van der Waals surface area contributed by atoms with Crippen molar-refractivity contribution in [1.82, 2.24) is 20.2 Å². The summed E-state index contributed by atoms with van der Waals surface area (Å²) in [7, 11) is 0. The Bertz CT molecular complexity index is 506. The zero-order chi connectivity index (χ0) is 11.7. The van der Waals surface area contributed by atoms with E-state index in [1.807, 2.05) is 0 Å². The molecule has 0 fully saturated rings. The van der Waals surface area contributed by atoms with Crippen molar-refractivity contribution in [2.24, 2.45) is 0 Å². The molecular weight excluding hydrogens is 261 g/mol. The van der Waals surface area contributed by atoms with Crippen LogP contribution >= 0.6 is 23.2 Å². The lowest BCUT2D eigenvalue weighted by molar-refractivity contribution is 0.570. The SMILES string of the molecule is Fc1cc(F)c(-n2nnnc2CCl)c(Cl)c1. The average molecular weight is 265 g/mol. The minimum Gasteiger partial charge on any atom is -0.207 e. The summed E-state index contributed by atoms with van der Waals surface area (Å²) in [6.45, 7) is 0. The minimum atomic E-state index is -0.858. The van der Waals surface area contributed by atoms with Gasteiger partial charge in [-0.25, -0.2) is 8.78 Å². The predicted molar refractivity (Wildman–Crippen MR) is 53.6 cm³/mol. The Morgan fingerprint density at radius 2 is 2.06 bits per heavy atom. The molecule has 0 aliphatic rings. The van der Waals surface area contributed by atoms with Gasteiger partial charge >= 0.3 is 0 Å². The van der Waals surface area contributed by atoms with Gasteiger partial charge in [-0.3, -0.25) is 0 Å². The van der Waals surface area contributed by atoms with Crippen LogP contribution in [-0.2, 0) is 5.88 Å². The summed E-state index contributed by atoms with van der Waals surface area (Å²) in [5, 5.41) is 10.3. The van der Waals surface area contributed by atoms with E-state index < -0.39 is 11.6 Å². The summed E-state index contributed by atoms with van der Waals surface area (Å²) in [5.74, 6) is -1.43. The molecule has 0 amide bonds. The van der Waals surface area contributed by atoms with Crippen LogP contribution in [0.4, 0.5) is 8.78 Å². The van der Waals surface area contributed by atoms with Crippen molar-refractivity contribution in [3.63, 3.8) is 0 Å². The van der Waals surface area contributed by atoms with Crippen molar-refractivity contribution < 1.29 is 8.78 Å². The van der Waals surface area contributed by atoms with E-state index in [0.717, 1.165) is 10.7 Å². The van der Waals surface area contributed by atoms with Crippen molar-refractivity contribution in [3.05, 3.63) is 34.6 Å². The van der Waals surface area contributed by atoms with Crippen LogP contribution in [0.5, 0.6) is 0 Å². The van der Waals surface area contributed by atoms with E-state index in [2.05, 4.69) is 15.5 Å². The molecule has 0 bridgehead atoms. The molecular formula is C8H4Cl2F2N4. The highest BCUT2D eigenvalue weighted by molar-refractivity contribution is 6.32. The Morgan fingerprint density at radius 3 is 2.69 bits per heavy atom. The molecule has 0 aliphatic carbocycles. The topological polar surface area (TPSA) is 43.6 Å². The number of hydrogen-bond donors (Lipinski definition) is 0. The molecule has 0 N–H and O–H groups in total. The molecule has 2 rings (SSSR count). The normalized spacial score (nSPS) is 10.8. The largest absolute Gasteiger partial charge is 0.207 e. The fourth-order valence-electron chi connectivity index (χ4n) is 1.20. The molecule has 0 aliphatic heterocycles. The number of benzene rings is 1. The Balaban J connectivity index is 2.64. The smallest absolute Gasteiger partial charge is 0.171 e. The molecule has 4 nitrogen and oxygen atoms in total. The number of hydrogen-bond acceptors (Lipinski definition) is 3. The van der Waals surface area contributed by atoms with E-state index in [-0.39, 0.29) is 22.4 Å². The van der Waals surface area contributed by atoms with Crippen LogP contribution in [0.15, 0.2) is 12.1 Å². The third kappa shape index (κ3) is 1.85. The summed E-state index contributed by atoms with van der Waals surface area (Å²) in [6, 6.07) is 1.67. The van der Waals surface area contributed by atoms with Crippen molar-refractivity contribution in [2.75, 3.05) is 0 Å². The van der Waals surface area contributed by atoms with Crippen LogP contribution in [0.2, 0.25) is 5.02 Å². The lowest BCUT2D eigenvalue weighted by atomic mass is 10.3. The second-order valence-corrected chi connectivity index (χ2v) is 3.53. The molecule has 2 aromatic rings. The molecule has 8 heteroatoms. The maximum Gasteiger partial charge on any atom is 0.171 e. The van der Waals surface area contributed by atoms with Crippen LogP contribution in [0.25, 0.3) is 5.69 Å². The fourth-order valence-corrected chi connectivity index (χ4v) is 1.64. The number of nitrogens with zero attached hydrogens (tertiary/aromatic N) is 4. The first-order chi connectivity index (χ1) is 7.63. The highest BCUT2D eigenvalue weighted by atomic mass is 35.5. The van der Waals surface area contributed by atoms with Gasteiger partial charge in [0.2, 0.25) is 0 Å². The molecule has 1 aromatic heterocycles. The quantitative estimate of drug-likeness (QED) is 0.783. The van der Waals surface area contributed by atoms with Crippen molar-refractivity contribution >= 4 is 23.2 Å². The number of aromatic nitrogens is 4. The third-order valence-corrected chi connectivity index (χ3v) is 2.37. The zero-order valence-corrected chi connectivity index (χ0v) is 9.17. The van der Waals surface area contributed by atoms with E-state index in [4.69, 9.17) is 23.2 Å². The minimum absolute atomic E-state index is 0.0137. The van der Waals surface area contributed by atoms with E-state index in [1.54, 1.807) is 0 Å². The molecule has 0 spiro atoms. The van der Waals surface area contributed by atoms with Crippen LogP contribution in [0.1, 0.15) is 5.82 Å². The lowest BCUT2D eigenvalue weighted by Gasteiger charge is -2.06. The van der Waals surface area contributed by atoms with Gasteiger partial charge in [0.15, 0.2) is 11.6 Å². The van der Waals surface area contributed by atoms with Gasteiger partial charge in [0.1, 0.15) is 11.5 Å². The molecule has 16 heavy (non-hydrogen) atoms. The van der Waals surface area contributed by atoms with Gasteiger partial charge in [-0.05, 0) is 16.5 Å². The maximum atomic E-state index is 13.5. The summed E-state index contributed by atoms with van der Waals surface area (Å²) < 4.78 is 27.4. The van der Waals surface area contributed by atoms with Gasteiger partial charge in [-0.15, -0.1) is 16.7 Å². The number of halogens is 4. The number of tetrazole rings is 1. The Kier molecular flexibility index (Phi) is 3.02. The number of alkyl halides is 1. The average Bonchev–Trinajstić information content (AvgIpc) is 2.64. The van der Waals surface area contributed by atoms with Gasteiger partial charge in [0, 0.05) is 6.07 Å². The van der Waals surface area contributed by atoms with Crippen LogP contribution in [0.3, 0.4) is 0 Å². The summed E-state index contributed by atoms with van der Waals surface area (Å²) in [5.41, 5.74) is -0.122. The van der Waals surface area contributed by atoms with Gasteiger partial charge in [0.25, 0.3) is 0 Å². The van der Waals surface area contributed by atoms with Gasteiger partial charge < -0.3 is 0 Å². The Hall–Kier alpha value is -1.27. The monoisotopic (exact) mass is 264 g/mol. The molecule has 1 heterocycles. The zero-order valence-electron chi connectivity index (χ0n) is 7.66. The van der Waals surface area contributed by atoms with Crippen molar-refractivity contribution in [2.45, 2.75) is 5.88 Å². The molecule has 0 unspecified atom stereocenters. The predicted octanol–water partition coefficient (Wildman–Crippen LogP) is 2.33. The Morgan fingerprint density at radius 1 is 1.31 bits per heavy atom. The summed E-state index contributed by atoms with van der Waals surface area (Å²) in [4.78, 5) is 0. The second kappa shape index (κ2) is 4.31. The third-order valence-electron chi connectivity index (χ3n) is 1.85. The van der Waals surface area contributed by atoms with E-state index in [9.17, 15) is 8.78 Å². The first-order valence-corrected chi connectivity index (χ1v) is 5.03. The Labute approximate surface area is 98.8 Å². The molecule has 0 atom stereocenters. The standard InChI is InChI=1S/C8H4Cl2F2N4/c9-3-7-13-14-15-16(7)8-5(10)1-4(11)2-6(8)12/h1-2H,3H2. The molecule has 0 saturated heterocycles. The highest BCUT2D eigenvalue weighted by Crippen LogP contribution is 2.25. The van der Waals surface area contributed by atoms with Gasteiger partial charge in [-0.2, -0.15) is 4.68 Å². The summed E-state index contributed by atoms with van der Waals surface area (Å²) >= 11 is 11.3. The molecule has 1 aromatic carbocycles. The van der Waals surface area contributed by atoms with Crippen LogP contribution in [-0.4, -0.2) is 20.2 Å². The number of rotatable bonds is 2. The second-order valence-electron chi connectivity index (χ2n) is 2.86. The molecule has 0 radical (unpaired) electrons. The van der Waals surface area contributed by atoms with Gasteiger partial charge in [-0.1, -0.05) is 11.6 Å². The molecule has 84 valence electrons. The van der Waals surface area contributed by atoms with Crippen molar-refractivity contribution in [1.29, 1.82) is 0 Å². The van der Waals surface area contributed by atoms with Crippen molar-refractivity contribution in [3.8, 4) is 5.69 Å². The van der Waals surface area contributed by atoms with Crippen LogP contribution < -0.4 is 0 Å². The van der Waals surface area contributed by atoms with E-state index in [1.165, 1.54) is 0 Å². The lowest BCUT2D eigenvalue weighted by Crippen LogP contribution is -2.05. The maximum absolute atomic E-state index is 13.5. The van der Waals surface area contributed by atoms with Crippen LogP contribution in [0, 0.1) is 11.6 Å². The van der Waals surface area contributed by atoms with E-state index >= 15 is 0 Å². The van der Waals surface area contributed by atoms with E-state index in [0.29, 0.717) is 6.07 Å². The first kappa shape index (κ1) is 11.2. The fraction of sp³-hybridized carbons (Fsp3) is 0.125. The van der Waals surface area contributed by atoms with Gasteiger partial charge in [0.05, 0.1) is 10.9 Å².